The van der Waals surface area contributed by atoms with Gasteiger partial charge in [0, 0.05) is 11.3 Å². The average molecular weight is 365 g/mol. The molecule has 0 fully saturated rings. The molecule has 0 spiro atoms. The van der Waals surface area contributed by atoms with Crippen LogP contribution in [0.25, 0.3) is 0 Å². The third-order valence-corrected chi connectivity index (χ3v) is 4.12. The second-order valence-electron chi connectivity index (χ2n) is 6.05. The molecule has 3 aromatic carbocycles. The molecule has 0 aliphatic carbocycles. The fraction of sp³-hybridized carbons (Fsp3) is 0.136. The Morgan fingerprint density at radius 1 is 1.00 bits per heavy atom. The van der Waals surface area contributed by atoms with Gasteiger partial charge in [0.1, 0.15) is 12.4 Å². The van der Waals surface area contributed by atoms with Crippen molar-refractivity contribution < 1.29 is 18.7 Å². The Morgan fingerprint density at radius 3 is 2.37 bits per heavy atom. The third kappa shape index (κ3) is 4.64. The SMILES string of the molecule is COc1ccccc1OCc1ccc(C(=O)Nc2ccc(F)cc2C)cc1. The molecule has 0 saturated carbocycles. The number of benzene rings is 3. The van der Waals surface area contributed by atoms with Gasteiger partial charge in [-0.2, -0.15) is 0 Å². The van der Waals surface area contributed by atoms with E-state index in [1.165, 1.54) is 12.1 Å². The lowest BCUT2D eigenvalue weighted by atomic mass is 10.1. The summed E-state index contributed by atoms with van der Waals surface area (Å²) >= 11 is 0. The summed E-state index contributed by atoms with van der Waals surface area (Å²) in [5.41, 5.74) is 2.70. The number of amides is 1. The molecular weight excluding hydrogens is 345 g/mol. The molecule has 0 aliphatic heterocycles. The van der Waals surface area contributed by atoms with Crippen LogP contribution in [0.3, 0.4) is 0 Å². The number of hydrogen-bond acceptors (Lipinski definition) is 3. The second kappa shape index (κ2) is 8.36. The third-order valence-electron chi connectivity index (χ3n) is 4.12. The van der Waals surface area contributed by atoms with Crippen LogP contribution >= 0.6 is 0 Å². The zero-order valence-electron chi connectivity index (χ0n) is 15.2. The maximum absolute atomic E-state index is 13.2. The lowest BCUT2D eigenvalue weighted by molar-refractivity contribution is 0.102. The highest BCUT2D eigenvalue weighted by Crippen LogP contribution is 2.26. The van der Waals surface area contributed by atoms with Crippen LogP contribution in [0, 0.1) is 12.7 Å². The molecule has 0 saturated heterocycles. The van der Waals surface area contributed by atoms with Crippen LogP contribution < -0.4 is 14.8 Å². The highest BCUT2D eigenvalue weighted by molar-refractivity contribution is 6.04. The molecule has 27 heavy (non-hydrogen) atoms. The van der Waals surface area contributed by atoms with Gasteiger partial charge in [-0.3, -0.25) is 4.79 Å². The smallest absolute Gasteiger partial charge is 0.255 e. The molecule has 3 rings (SSSR count). The Morgan fingerprint density at radius 2 is 1.70 bits per heavy atom. The second-order valence-corrected chi connectivity index (χ2v) is 6.05. The summed E-state index contributed by atoms with van der Waals surface area (Å²) in [6.45, 7) is 2.11. The number of halogens is 1. The number of aryl methyl sites for hydroxylation is 1. The van der Waals surface area contributed by atoms with Gasteiger partial charge in [-0.25, -0.2) is 4.39 Å². The normalized spacial score (nSPS) is 10.3. The number of ether oxygens (including phenoxy) is 2. The number of methoxy groups -OCH3 is 1. The Balaban J connectivity index is 1.63. The average Bonchev–Trinajstić information content (AvgIpc) is 2.69. The predicted molar refractivity (Wildman–Crippen MR) is 103 cm³/mol. The van der Waals surface area contributed by atoms with Gasteiger partial charge in [-0.15, -0.1) is 0 Å². The van der Waals surface area contributed by atoms with E-state index in [0.29, 0.717) is 34.9 Å². The molecule has 0 aromatic heterocycles. The van der Waals surface area contributed by atoms with E-state index in [0.717, 1.165) is 5.56 Å². The first-order chi connectivity index (χ1) is 13.1. The molecule has 0 aliphatic rings. The van der Waals surface area contributed by atoms with E-state index in [-0.39, 0.29) is 11.7 Å². The molecule has 1 amide bonds. The lowest BCUT2D eigenvalue weighted by Crippen LogP contribution is -2.13. The molecule has 138 valence electrons. The molecule has 0 bridgehead atoms. The Kier molecular flexibility index (Phi) is 5.71. The Bertz CT molecular complexity index is 939. The largest absolute Gasteiger partial charge is 0.493 e. The van der Waals surface area contributed by atoms with E-state index in [2.05, 4.69) is 5.32 Å². The minimum Gasteiger partial charge on any atom is -0.493 e. The highest BCUT2D eigenvalue weighted by Gasteiger charge is 2.09. The number of anilines is 1. The van der Waals surface area contributed by atoms with E-state index in [1.807, 2.05) is 36.4 Å². The summed E-state index contributed by atoms with van der Waals surface area (Å²) in [4.78, 5) is 12.4. The van der Waals surface area contributed by atoms with Crippen LogP contribution in [0.15, 0.2) is 66.7 Å². The van der Waals surface area contributed by atoms with Gasteiger partial charge in [0.2, 0.25) is 0 Å². The Hall–Kier alpha value is -3.34. The zero-order valence-corrected chi connectivity index (χ0v) is 15.2. The maximum Gasteiger partial charge on any atom is 0.255 e. The van der Waals surface area contributed by atoms with E-state index in [9.17, 15) is 9.18 Å². The van der Waals surface area contributed by atoms with E-state index < -0.39 is 0 Å². The maximum atomic E-state index is 13.2. The van der Waals surface area contributed by atoms with Crippen LogP contribution in [0.1, 0.15) is 21.5 Å². The van der Waals surface area contributed by atoms with Gasteiger partial charge in [0.05, 0.1) is 7.11 Å². The summed E-state index contributed by atoms with van der Waals surface area (Å²) in [5.74, 6) is 0.753. The summed E-state index contributed by atoms with van der Waals surface area (Å²) in [5, 5.41) is 2.79. The Labute approximate surface area is 157 Å². The lowest BCUT2D eigenvalue weighted by Gasteiger charge is -2.11. The molecule has 0 unspecified atom stereocenters. The molecular formula is C22H20FNO3. The van der Waals surface area contributed by atoms with Crippen molar-refractivity contribution in [3.8, 4) is 11.5 Å². The first-order valence-corrected chi connectivity index (χ1v) is 8.49. The van der Waals surface area contributed by atoms with Crippen LogP contribution in [-0.4, -0.2) is 13.0 Å². The molecule has 5 heteroatoms. The van der Waals surface area contributed by atoms with Crippen molar-refractivity contribution in [2.75, 3.05) is 12.4 Å². The number of carbonyl (C=O) groups is 1. The molecule has 3 aromatic rings. The summed E-state index contributed by atoms with van der Waals surface area (Å²) in [7, 11) is 1.60. The van der Waals surface area contributed by atoms with E-state index in [1.54, 1.807) is 32.2 Å². The molecule has 0 atom stereocenters. The number of nitrogens with one attached hydrogen (secondary N) is 1. The predicted octanol–water partition coefficient (Wildman–Crippen LogP) is 4.97. The summed E-state index contributed by atoms with van der Waals surface area (Å²) < 4.78 is 24.2. The van der Waals surface area contributed by atoms with Crippen molar-refractivity contribution in [3.63, 3.8) is 0 Å². The van der Waals surface area contributed by atoms with Crippen LogP contribution in [-0.2, 0) is 6.61 Å². The van der Waals surface area contributed by atoms with Crippen LogP contribution in [0.2, 0.25) is 0 Å². The summed E-state index contributed by atoms with van der Waals surface area (Å²) in [6, 6.07) is 18.8. The van der Waals surface area contributed by atoms with Crippen molar-refractivity contribution in [1.82, 2.24) is 0 Å². The summed E-state index contributed by atoms with van der Waals surface area (Å²) in [6.07, 6.45) is 0. The van der Waals surface area contributed by atoms with Gasteiger partial charge in [0.15, 0.2) is 11.5 Å². The first kappa shape index (κ1) is 18.5. The van der Waals surface area contributed by atoms with Crippen molar-refractivity contribution in [2.45, 2.75) is 13.5 Å². The number of rotatable bonds is 6. The van der Waals surface area contributed by atoms with Gasteiger partial charge in [0.25, 0.3) is 5.91 Å². The first-order valence-electron chi connectivity index (χ1n) is 8.49. The van der Waals surface area contributed by atoms with Gasteiger partial charge < -0.3 is 14.8 Å². The van der Waals surface area contributed by atoms with E-state index in [4.69, 9.17) is 9.47 Å². The van der Waals surface area contributed by atoms with Crippen molar-refractivity contribution >= 4 is 11.6 Å². The quantitative estimate of drug-likeness (QED) is 0.671. The minimum absolute atomic E-state index is 0.248. The van der Waals surface area contributed by atoms with Crippen molar-refractivity contribution in [3.05, 3.63) is 89.2 Å². The van der Waals surface area contributed by atoms with Gasteiger partial charge >= 0.3 is 0 Å². The minimum atomic E-state index is -0.329. The topological polar surface area (TPSA) is 47.6 Å². The van der Waals surface area contributed by atoms with Crippen LogP contribution in [0.4, 0.5) is 10.1 Å². The highest BCUT2D eigenvalue weighted by atomic mass is 19.1. The molecule has 0 radical (unpaired) electrons. The monoisotopic (exact) mass is 365 g/mol. The number of hydrogen-bond donors (Lipinski definition) is 1. The molecule has 0 heterocycles. The fourth-order valence-electron chi connectivity index (χ4n) is 2.61. The number of carbonyl (C=O) groups excluding carboxylic acids is 1. The fourth-order valence-corrected chi connectivity index (χ4v) is 2.61. The van der Waals surface area contributed by atoms with E-state index >= 15 is 0 Å². The standard InChI is InChI=1S/C22H20FNO3/c1-15-13-18(23)11-12-19(15)24-22(25)17-9-7-16(8-10-17)14-27-21-6-4-3-5-20(21)26-2/h3-13H,14H2,1-2H3,(H,24,25). The zero-order chi connectivity index (χ0) is 19.2. The number of para-hydroxylation sites is 2. The van der Waals surface area contributed by atoms with Crippen molar-refractivity contribution in [1.29, 1.82) is 0 Å². The molecule has 4 nitrogen and oxygen atoms in total. The van der Waals surface area contributed by atoms with Gasteiger partial charge in [-0.1, -0.05) is 24.3 Å². The van der Waals surface area contributed by atoms with Gasteiger partial charge in [-0.05, 0) is 60.5 Å². The van der Waals surface area contributed by atoms with Crippen molar-refractivity contribution in [2.24, 2.45) is 0 Å². The van der Waals surface area contributed by atoms with Crippen LogP contribution in [0.5, 0.6) is 11.5 Å². The molecule has 1 N–H and O–H groups in total.